The van der Waals surface area contributed by atoms with E-state index in [9.17, 15) is 0 Å². The lowest BCUT2D eigenvalue weighted by Gasteiger charge is -1.99. The second-order valence-electron chi connectivity index (χ2n) is 2.81. The Bertz CT molecular complexity index is 299. The van der Waals surface area contributed by atoms with Crippen molar-refractivity contribution in [3.05, 3.63) is 53.8 Å². The summed E-state index contributed by atoms with van der Waals surface area (Å²) in [4.78, 5) is 0. The van der Waals surface area contributed by atoms with Crippen LogP contribution in [0.25, 0.3) is 0 Å². The SMILES string of the molecule is NCC=C=CCOCc1ccccc1. The van der Waals surface area contributed by atoms with E-state index >= 15 is 0 Å². The summed E-state index contributed by atoms with van der Waals surface area (Å²) < 4.78 is 5.39. The minimum absolute atomic E-state index is 0.523. The molecule has 14 heavy (non-hydrogen) atoms. The highest BCUT2D eigenvalue weighted by atomic mass is 16.5. The smallest absolute Gasteiger partial charge is 0.0725 e. The first-order valence-corrected chi connectivity index (χ1v) is 4.64. The summed E-state index contributed by atoms with van der Waals surface area (Å²) in [6.45, 7) is 1.74. The van der Waals surface area contributed by atoms with Gasteiger partial charge in [0.25, 0.3) is 0 Å². The molecule has 1 aromatic rings. The average Bonchev–Trinajstić information content (AvgIpc) is 2.25. The van der Waals surface area contributed by atoms with Crippen LogP contribution in [0, 0.1) is 0 Å². The predicted octanol–water partition coefficient (Wildman–Crippen LogP) is 1.87. The normalized spacial score (nSPS) is 9.21. The van der Waals surface area contributed by atoms with Gasteiger partial charge in [-0.1, -0.05) is 30.3 Å². The van der Waals surface area contributed by atoms with Crippen molar-refractivity contribution < 1.29 is 4.74 Å². The molecule has 0 atom stereocenters. The van der Waals surface area contributed by atoms with Gasteiger partial charge in [0.2, 0.25) is 0 Å². The lowest BCUT2D eigenvalue weighted by Crippen LogP contribution is -1.92. The maximum absolute atomic E-state index is 5.39. The molecule has 2 nitrogen and oxygen atoms in total. The molecule has 0 heterocycles. The van der Waals surface area contributed by atoms with Crippen molar-refractivity contribution in [1.29, 1.82) is 0 Å². The van der Waals surface area contributed by atoms with Gasteiger partial charge in [-0.3, -0.25) is 0 Å². The molecule has 0 saturated heterocycles. The third-order valence-electron chi connectivity index (χ3n) is 1.67. The first-order chi connectivity index (χ1) is 6.93. The average molecular weight is 189 g/mol. The van der Waals surface area contributed by atoms with E-state index in [-0.39, 0.29) is 0 Å². The molecule has 0 aliphatic rings. The molecule has 2 N–H and O–H groups in total. The molecule has 0 radical (unpaired) electrons. The van der Waals surface area contributed by atoms with Gasteiger partial charge in [0.15, 0.2) is 0 Å². The zero-order valence-electron chi connectivity index (χ0n) is 8.15. The van der Waals surface area contributed by atoms with Crippen LogP contribution >= 0.6 is 0 Å². The Kier molecular flexibility index (Phi) is 5.45. The van der Waals surface area contributed by atoms with Gasteiger partial charge in [-0.15, -0.1) is 5.73 Å². The summed E-state index contributed by atoms with van der Waals surface area (Å²) in [7, 11) is 0. The number of ether oxygens (including phenoxy) is 1. The van der Waals surface area contributed by atoms with Crippen LogP contribution in [0.4, 0.5) is 0 Å². The largest absolute Gasteiger partial charge is 0.372 e. The molecule has 2 heteroatoms. The van der Waals surface area contributed by atoms with Crippen molar-refractivity contribution >= 4 is 0 Å². The Morgan fingerprint density at radius 3 is 2.71 bits per heavy atom. The summed E-state index contributed by atoms with van der Waals surface area (Å²) in [5.74, 6) is 0. The zero-order valence-corrected chi connectivity index (χ0v) is 8.15. The summed E-state index contributed by atoms with van der Waals surface area (Å²) in [5, 5.41) is 0. The second-order valence-corrected chi connectivity index (χ2v) is 2.81. The molecule has 0 aromatic heterocycles. The minimum atomic E-state index is 0.523. The Labute approximate surface area is 84.7 Å². The van der Waals surface area contributed by atoms with Crippen molar-refractivity contribution in [1.82, 2.24) is 0 Å². The topological polar surface area (TPSA) is 35.2 Å². The summed E-state index contributed by atoms with van der Waals surface area (Å²) in [6.07, 6.45) is 3.60. The fourth-order valence-electron chi connectivity index (χ4n) is 1.01. The van der Waals surface area contributed by atoms with E-state index in [2.05, 4.69) is 5.73 Å². The fourth-order valence-corrected chi connectivity index (χ4v) is 1.01. The van der Waals surface area contributed by atoms with Crippen LogP contribution in [0.15, 0.2) is 48.2 Å². The molecule has 0 bridgehead atoms. The standard InChI is InChI=1S/C12H15NO/c13-9-5-2-6-10-14-11-12-7-3-1-4-8-12/h1,3-8H,9-11,13H2. The van der Waals surface area contributed by atoms with Crippen LogP contribution < -0.4 is 5.73 Å². The molecular formula is C12H15NO. The van der Waals surface area contributed by atoms with Crippen molar-refractivity contribution in [3.8, 4) is 0 Å². The van der Waals surface area contributed by atoms with E-state index in [1.165, 1.54) is 5.56 Å². The van der Waals surface area contributed by atoms with Crippen LogP contribution in [-0.4, -0.2) is 13.2 Å². The number of hydrogen-bond acceptors (Lipinski definition) is 2. The van der Waals surface area contributed by atoms with Crippen molar-refractivity contribution in [3.63, 3.8) is 0 Å². The number of nitrogens with two attached hydrogens (primary N) is 1. The summed E-state index contributed by atoms with van der Waals surface area (Å²) in [5.41, 5.74) is 9.36. The van der Waals surface area contributed by atoms with Gasteiger partial charge in [0, 0.05) is 6.54 Å². The van der Waals surface area contributed by atoms with Gasteiger partial charge >= 0.3 is 0 Å². The minimum Gasteiger partial charge on any atom is -0.372 e. The van der Waals surface area contributed by atoms with E-state index in [1.54, 1.807) is 6.08 Å². The quantitative estimate of drug-likeness (QED) is 0.567. The van der Waals surface area contributed by atoms with E-state index in [0.717, 1.165) is 0 Å². The van der Waals surface area contributed by atoms with Crippen molar-refractivity contribution in [2.24, 2.45) is 5.73 Å². The van der Waals surface area contributed by atoms with Crippen LogP contribution in [-0.2, 0) is 11.3 Å². The van der Waals surface area contributed by atoms with Gasteiger partial charge in [-0.25, -0.2) is 0 Å². The van der Waals surface area contributed by atoms with Gasteiger partial charge in [0.1, 0.15) is 0 Å². The monoisotopic (exact) mass is 189 g/mol. The summed E-state index contributed by atoms with van der Waals surface area (Å²) >= 11 is 0. The molecule has 1 rings (SSSR count). The third kappa shape index (κ3) is 4.63. The highest BCUT2D eigenvalue weighted by Crippen LogP contribution is 1.99. The van der Waals surface area contributed by atoms with E-state index < -0.39 is 0 Å². The molecule has 0 fully saturated rings. The molecule has 0 amide bonds. The number of hydrogen-bond donors (Lipinski definition) is 1. The Balaban J connectivity index is 2.19. The van der Waals surface area contributed by atoms with Crippen LogP contribution in [0.5, 0.6) is 0 Å². The third-order valence-corrected chi connectivity index (χ3v) is 1.67. The fraction of sp³-hybridized carbons (Fsp3) is 0.250. The van der Waals surface area contributed by atoms with Gasteiger partial charge in [0.05, 0.1) is 13.2 Å². The summed E-state index contributed by atoms with van der Waals surface area (Å²) in [6, 6.07) is 10.1. The van der Waals surface area contributed by atoms with Gasteiger partial charge in [-0.05, 0) is 17.7 Å². The maximum Gasteiger partial charge on any atom is 0.0725 e. The first kappa shape index (κ1) is 10.7. The predicted molar refractivity (Wildman–Crippen MR) is 57.8 cm³/mol. The number of rotatable bonds is 5. The molecule has 0 spiro atoms. The van der Waals surface area contributed by atoms with E-state index in [1.807, 2.05) is 36.4 Å². The Hall–Kier alpha value is -1.34. The van der Waals surface area contributed by atoms with Crippen molar-refractivity contribution in [2.45, 2.75) is 6.61 Å². The van der Waals surface area contributed by atoms with E-state index in [4.69, 9.17) is 10.5 Å². The van der Waals surface area contributed by atoms with Crippen molar-refractivity contribution in [2.75, 3.05) is 13.2 Å². The van der Waals surface area contributed by atoms with Gasteiger partial charge in [-0.2, -0.15) is 0 Å². The maximum atomic E-state index is 5.39. The van der Waals surface area contributed by atoms with Gasteiger partial charge < -0.3 is 10.5 Å². The van der Waals surface area contributed by atoms with Crippen LogP contribution in [0.2, 0.25) is 0 Å². The molecular weight excluding hydrogens is 174 g/mol. The molecule has 0 aliphatic heterocycles. The van der Waals surface area contributed by atoms with E-state index in [0.29, 0.717) is 19.8 Å². The number of benzene rings is 1. The molecule has 0 unspecified atom stereocenters. The lowest BCUT2D eigenvalue weighted by atomic mass is 10.2. The van der Waals surface area contributed by atoms with Crippen LogP contribution in [0.3, 0.4) is 0 Å². The second kappa shape index (κ2) is 7.10. The Morgan fingerprint density at radius 2 is 2.00 bits per heavy atom. The molecule has 0 aliphatic carbocycles. The Morgan fingerprint density at radius 1 is 1.21 bits per heavy atom. The lowest BCUT2D eigenvalue weighted by molar-refractivity contribution is 0.149. The van der Waals surface area contributed by atoms with Crippen LogP contribution in [0.1, 0.15) is 5.56 Å². The molecule has 0 saturated carbocycles. The first-order valence-electron chi connectivity index (χ1n) is 4.64. The highest BCUT2D eigenvalue weighted by molar-refractivity contribution is 5.13. The molecule has 74 valence electrons. The highest BCUT2D eigenvalue weighted by Gasteiger charge is 1.88. The zero-order chi connectivity index (χ0) is 10.1. The molecule has 1 aromatic carbocycles.